The first kappa shape index (κ1) is 84.1. The number of ether oxygens (including phenoxy) is 4. The molecule has 0 aliphatic carbocycles. The molecule has 19 heteroatoms. The maximum atomic E-state index is 13.0. The van der Waals surface area contributed by atoms with Crippen LogP contribution < -0.4 is 0 Å². The van der Waals surface area contributed by atoms with Crippen molar-refractivity contribution in [2.75, 3.05) is 39.6 Å². The summed E-state index contributed by atoms with van der Waals surface area (Å²) in [5.74, 6) is 0.141. The van der Waals surface area contributed by atoms with Gasteiger partial charge in [0.2, 0.25) is 0 Å². The van der Waals surface area contributed by atoms with Crippen molar-refractivity contribution in [2.45, 2.75) is 349 Å². The van der Waals surface area contributed by atoms with Gasteiger partial charge in [0.05, 0.1) is 26.4 Å². The van der Waals surface area contributed by atoms with Gasteiger partial charge in [-0.15, -0.1) is 0 Å². The molecule has 0 fully saturated rings. The molecule has 0 aliphatic heterocycles. The van der Waals surface area contributed by atoms with E-state index in [0.717, 1.165) is 108 Å². The summed E-state index contributed by atoms with van der Waals surface area (Å²) in [7, 11) is -9.88. The minimum atomic E-state index is -4.95. The second kappa shape index (κ2) is 58.2. The summed E-state index contributed by atoms with van der Waals surface area (Å²) in [4.78, 5) is 72.1. The lowest BCUT2D eigenvalue weighted by atomic mass is 9.99. The highest BCUT2D eigenvalue weighted by Gasteiger charge is 2.30. The van der Waals surface area contributed by atoms with Gasteiger partial charge in [0.25, 0.3) is 0 Å². The fourth-order valence-electron chi connectivity index (χ4n) is 9.98. The second-order valence-electron chi connectivity index (χ2n) is 25.4. The molecule has 0 amide bonds. The second-order valence-corrected chi connectivity index (χ2v) is 28.3. The molecule has 0 aliphatic rings. The normalized spacial score (nSPS) is 14.6. The lowest BCUT2D eigenvalue weighted by Crippen LogP contribution is -2.30. The van der Waals surface area contributed by atoms with Crippen molar-refractivity contribution < 1.29 is 80.2 Å². The molecule has 0 aromatic carbocycles. The molecule has 0 rings (SSSR count). The Bertz CT molecular complexity index is 1700. The molecule has 0 spiro atoms. The van der Waals surface area contributed by atoms with E-state index in [-0.39, 0.29) is 25.7 Å². The van der Waals surface area contributed by atoms with Crippen LogP contribution >= 0.6 is 15.6 Å². The Morgan fingerprint density at radius 1 is 0.337 bits per heavy atom. The van der Waals surface area contributed by atoms with E-state index in [1.807, 2.05) is 0 Å². The standard InChI is InChI=1S/C67H130O17P2/c1-8-10-11-31-41-48-64(69)77-54-62(84-67(72)51-44-37-30-29-33-39-46-59(5)6)56-81-85(73,74)79-52-61(68)53-80-86(75,76)82-57-63(55-78-65(70)49-42-35-27-23-20-16-17-21-25-32-38-45-58(3)4)83-66(71)50-43-36-28-24-19-15-13-12-14-18-22-26-34-40-47-60(7)9-2/h58-63,68H,8-57H2,1-7H3,(H,73,74)(H,75,76)/t60?,61-,62+,63+/m0/s1. The molecule has 0 saturated heterocycles. The van der Waals surface area contributed by atoms with E-state index < -0.39 is 97.5 Å². The minimum Gasteiger partial charge on any atom is -0.462 e. The Hall–Kier alpha value is -1.94. The highest BCUT2D eigenvalue weighted by atomic mass is 31.2. The summed E-state index contributed by atoms with van der Waals surface area (Å²) in [6.45, 7) is 11.7. The number of aliphatic hydroxyl groups excluding tert-OH is 1. The molecule has 17 nitrogen and oxygen atoms in total. The third-order valence-corrected chi connectivity index (χ3v) is 17.6. The van der Waals surface area contributed by atoms with E-state index in [0.29, 0.717) is 31.6 Å². The number of unbranched alkanes of at least 4 members (excludes halogenated alkanes) is 32. The molecule has 510 valence electrons. The van der Waals surface area contributed by atoms with E-state index >= 15 is 0 Å². The van der Waals surface area contributed by atoms with Gasteiger partial charge in [0.1, 0.15) is 19.3 Å². The first-order valence-electron chi connectivity index (χ1n) is 34.9. The predicted octanol–water partition coefficient (Wildman–Crippen LogP) is 18.7. The van der Waals surface area contributed by atoms with Gasteiger partial charge < -0.3 is 33.8 Å². The Balaban J connectivity index is 5.16. The predicted molar refractivity (Wildman–Crippen MR) is 344 cm³/mol. The maximum absolute atomic E-state index is 13.0. The van der Waals surface area contributed by atoms with Crippen molar-refractivity contribution in [1.29, 1.82) is 0 Å². The van der Waals surface area contributed by atoms with Crippen LogP contribution in [-0.4, -0.2) is 96.7 Å². The van der Waals surface area contributed by atoms with Crippen molar-refractivity contribution >= 4 is 39.5 Å². The Morgan fingerprint density at radius 2 is 0.593 bits per heavy atom. The zero-order valence-electron chi connectivity index (χ0n) is 55.8. The number of phosphoric ester groups is 2. The van der Waals surface area contributed by atoms with E-state index in [1.54, 1.807) is 0 Å². The molecule has 0 saturated carbocycles. The van der Waals surface area contributed by atoms with Crippen LogP contribution in [0.1, 0.15) is 331 Å². The van der Waals surface area contributed by atoms with Gasteiger partial charge in [-0.3, -0.25) is 37.3 Å². The Labute approximate surface area is 524 Å². The topological polar surface area (TPSA) is 237 Å². The lowest BCUT2D eigenvalue weighted by molar-refractivity contribution is -0.161. The van der Waals surface area contributed by atoms with E-state index in [2.05, 4.69) is 48.5 Å². The summed E-state index contributed by atoms with van der Waals surface area (Å²) >= 11 is 0. The number of phosphoric acid groups is 2. The molecule has 0 aromatic heterocycles. The van der Waals surface area contributed by atoms with Crippen LogP contribution in [0.3, 0.4) is 0 Å². The summed E-state index contributed by atoms with van der Waals surface area (Å²) in [5.41, 5.74) is 0. The summed E-state index contributed by atoms with van der Waals surface area (Å²) in [5, 5.41) is 10.5. The highest BCUT2D eigenvalue weighted by molar-refractivity contribution is 7.47. The lowest BCUT2D eigenvalue weighted by Gasteiger charge is -2.21. The van der Waals surface area contributed by atoms with Crippen LogP contribution in [0.5, 0.6) is 0 Å². The first-order chi connectivity index (χ1) is 41.3. The number of aliphatic hydroxyl groups is 1. The molecular weight excluding hydrogens is 1140 g/mol. The number of hydrogen-bond acceptors (Lipinski definition) is 15. The Morgan fingerprint density at radius 3 is 0.884 bits per heavy atom. The van der Waals surface area contributed by atoms with Gasteiger partial charge in [-0.05, 0) is 43.4 Å². The molecule has 0 bridgehead atoms. The SMILES string of the molecule is CCCCCCCC(=O)OC[C@H](COP(=O)(O)OC[C@H](O)COP(=O)(O)OC[C@@H](COC(=O)CCCCCCCCCCCCCC(C)C)OC(=O)CCCCCCCCCCCCCCCCC(C)CC)OC(=O)CCCCCCCCC(C)C. The summed E-state index contributed by atoms with van der Waals surface area (Å²) in [6.07, 6.45) is 40.8. The Kier molecular flexibility index (Phi) is 56.9. The fraction of sp³-hybridized carbons (Fsp3) is 0.940. The number of carbonyl (C=O) groups is 4. The van der Waals surface area contributed by atoms with Crippen LogP contribution in [0.15, 0.2) is 0 Å². The summed E-state index contributed by atoms with van der Waals surface area (Å²) in [6, 6.07) is 0. The van der Waals surface area contributed by atoms with Crippen molar-refractivity contribution in [2.24, 2.45) is 17.8 Å². The number of rotatable bonds is 65. The quantitative estimate of drug-likeness (QED) is 0.0222. The average Bonchev–Trinajstić information content (AvgIpc) is 3.69. The van der Waals surface area contributed by atoms with E-state index in [9.17, 15) is 43.2 Å². The van der Waals surface area contributed by atoms with Crippen LogP contribution in [0.2, 0.25) is 0 Å². The number of esters is 4. The molecule has 0 aromatic rings. The molecular formula is C67H130O17P2. The summed E-state index contributed by atoms with van der Waals surface area (Å²) < 4.78 is 67.9. The third-order valence-electron chi connectivity index (χ3n) is 15.7. The van der Waals surface area contributed by atoms with E-state index in [1.165, 1.54) is 135 Å². The van der Waals surface area contributed by atoms with E-state index in [4.69, 9.17) is 37.0 Å². The zero-order valence-corrected chi connectivity index (χ0v) is 57.6. The largest absolute Gasteiger partial charge is 0.472 e. The van der Waals surface area contributed by atoms with Crippen molar-refractivity contribution in [3.8, 4) is 0 Å². The van der Waals surface area contributed by atoms with Gasteiger partial charge >= 0.3 is 39.5 Å². The van der Waals surface area contributed by atoms with Crippen LogP contribution in [0.4, 0.5) is 0 Å². The first-order valence-corrected chi connectivity index (χ1v) is 37.9. The van der Waals surface area contributed by atoms with Gasteiger partial charge in [0.15, 0.2) is 12.2 Å². The number of hydrogen-bond donors (Lipinski definition) is 3. The fourth-order valence-corrected chi connectivity index (χ4v) is 11.6. The average molecular weight is 1270 g/mol. The van der Waals surface area contributed by atoms with Crippen molar-refractivity contribution in [1.82, 2.24) is 0 Å². The number of carbonyl (C=O) groups excluding carboxylic acids is 4. The van der Waals surface area contributed by atoms with Gasteiger partial charge in [-0.1, -0.05) is 280 Å². The molecule has 6 atom stereocenters. The smallest absolute Gasteiger partial charge is 0.462 e. The highest BCUT2D eigenvalue weighted by Crippen LogP contribution is 2.45. The van der Waals surface area contributed by atoms with Crippen LogP contribution in [0.25, 0.3) is 0 Å². The van der Waals surface area contributed by atoms with Crippen LogP contribution in [-0.2, 0) is 65.4 Å². The molecule has 0 heterocycles. The van der Waals surface area contributed by atoms with Gasteiger partial charge in [0, 0.05) is 25.7 Å². The molecule has 3 N–H and O–H groups in total. The third kappa shape index (κ3) is 59.7. The van der Waals surface area contributed by atoms with Gasteiger partial charge in [-0.25, -0.2) is 9.13 Å². The van der Waals surface area contributed by atoms with Gasteiger partial charge in [-0.2, -0.15) is 0 Å². The molecule has 3 unspecified atom stereocenters. The van der Waals surface area contributed by atoms with Crippen LogP contribution in [0, 0.1) is 17.8 Å². The zero-order chi connectivity index (χ0) is 63.8. The monoisotopic (exact) mass is 1270 g/mol. The maximum Gasteiger partial charge on any atom is 0.472 e. The molecule has 0 radical (unpaired) electrons. The van der Waals surface area contributed by atoms with Crippen molar-refractivity contribution in [3.05, 3.63) is 0 Å². The minimum absolute atomic E-state index is 0.101. The van der Waals surface area contributed by atoms with Crippen molar-refractivity contribution in [3.63, 3.8) is 0 Å². The molecule has 86 heavy (non-hydrogen) atoms.